The van der Waals surface area contributed by atoms with E-state index in [9.17, 15) is 4.79 Å². The zero-order valence-electron chi connectivity index (χ0n) is 12.0. The van der Waals surface area contributed by atoms with Gasteiger partial charge in [0, 0.05) is 5.56 Å². The molecule has 0 atom stereocenters. The molecule has 0 aliphatic carbocycles. The molecule has 0 aliphatic rings. The van der Waals surface area contributed by atoms with Crippen molar-refractivity contribution < 1.29 is 19.0 Å². The fourth-order valence-electron chi connectivity index (χ4n) is 1.96. The zero-order valence-corrected chi connectivity index (χ0v) is 13.6. The smallest absolute Gasteiger partial charge is 0.197 e. The molecule has 0 amide bonds. The van der Waals surface area contributed by atoms with E-state index in [4.69, 9.17) is 14.2 Å². The summed E-state index contributed by atoms with van der Waals surface area (Å²) in [6.07, 6.45) is 0. The van der Waals surface area contributed by atoms with Gasteiger partial charge in [-0.05, 0) is 40.2 Å². The first-order valence-corrected chi connectivity index (χ1v) is 7.00. The molecule has 2 aromatic rings. The lowest BCUT2D eigenvalue weighted by Gasteiger charge is -2.12. The Kier molecular flexibility index (Phi) is 4.85. The summed E-state index contributed by atoms with van der Waals surface area (Å²) in [5.41, 5.74) is 0.961. The molecule has 0 spiro atoms. The molecule has 2 aromatic carbocycles. The van der Waals surface area contributed by atoms with Crippen molar-refractivity contribution in [1.29, 1.82) is 0 Å². The zero-order chi connectivity index (χ0) is 15.4. The summed E-state index contributed by atoms with van der Waals surface area (Å²) in [5, 5.41) is 0. The lowest BCUT2D eigenvalue weighted by molar-refractivity contribution is 0.103. The highest BCUT2D eigenvalue weighted by atomic mass is 79.9. The molecule has 0 heterocycles. The molecule has 0 fully saturated rings. The topological polar surface area (TPSA) is 44.8 Å². The fourth-order valence-corrected chi connectivity index (χ4v) is 2.44. The van der Waals surface area contributed by atoms with Gasteiger partial charge >= 0.3 is 0 Å². The molecule has 110 valence electrons. The first-order chi connectivity index (χ1) is 10.1. The van der Waals surface area contributed by atoms with Gasteiger partial charge in [-0.2, -0.15) is 0 Å². The Labute approximate surface area is 131 Å². The van der Waals surface area contributed by atoms with Crippen LogP contribution in [0, 0.1) is 0 Å². The summed E-state index contributed by atoms with van der Waals surface area (Å²) in [6, 6.07) is 10.4. The van der Waals surface area contributed by atoms with Crippen LogP contribution in [-0.2, 0) is 0 Å². The predicted molar refractivity (Wildman–Crippen MR) is 83.7 cm³/mol. The number of rotatable bonds is 5. The number of carbonyl (C=O) groups is 1. The summed E-state index contributed by atoms with van der Waals surface area (Å²) < 4.78 is 16.4. The molecule has 0 N–H and O–H groups in total. The van der Waals surface area contributed by atoms with Crippen LogP contribution in [0.5, 0.6) is 17.2 Å². The van der Waals surface area contributed by atoms with Crippen molar-refractivity contribution in [1.82, 2.24) is 0 Å². The van der Waals surface area contributed by atoms with E-state index in [2.05, 4.69) is 15.9 Å². The second-order valence-corrected chi connectivity index (χ2v) is 5.10. The highest BCUT2D eigenvalue weighted by molar-refractivity contribution is 9.10. The molecule has 0 aliphatic heterocycles. The quantitative estimate of drug-likeness (QED) is 0.771. The van der Waals surface area contributed by atoms with Gasteiger partial charge in [-0.15, -0.1) is 0 Å². The first-order valence-electron chi connectivity index (χ1n) is 6.21. The number of carbonyl (C=O) groups excluding carboxylic acids is 1. The maximum absolute atomic E-state index is 12.7. The normalized spacial score (nSPS) is 10.1. The second-order valence-electron chi connectivity index (χ2n) is 4.25. The SMILES string of the molecule is COc1cccc(C(=O)c2cc(OC)c(Br)cc2OC)c1. The molecular weight excluding hydrogens is 336 g/mol. The highest BCUT2D eigenvalue weighted by Gasteiger charge is 2.18. The Morgan fingerprint density at radius 1 is 0.952 bits per heavy atom. The largest absolute Gasteiger partial charge is 0.497 e. The van der Waals surface area contributed by atoms with E-state index >= 15 is 0 Å². The van der Waals surface area contributed by atoms with E-state index in [1.54, 1.807) is 50.6 Å². The van der Waals surface area contributed by atoms with E-state index in [1.807, 2.05) is 0 Å². The Bertz CT molecular complexity index is 667. The average molecular weight is 351 g/mol. The minimum absolute atomic E-state index is 0.156. The molecule has 4 nitrogen and oxygen atoms in total. The molecule has 0 unspecified atom stereocenters. The van der Waals surface area contributed by atoms with Gasteiger partial charge < -0.3 is 14.2 Å². The molecule has 21 heavy (non-hydrogen) atoms. The predicted octanol–water partition coefficient (Wildman–Crippen LogP) is 3.71. The summed E-state index contributed by atoms with van der Waals surface area (Å²) in [4.78, 5) is 12.7. The van der Waals surface area contributed by atoms with Gasteiger partial charge in [0.2, 0.25) is 0 Å². The van der Waals surface area contributed by atoms with Gasteiger partial charge in [0.25, 0.3) is 0 Å². The number of ether oxygens (including phenoxy) is 3. The Balaban J connectivity index is 2.51. The van der Waals surface area contributed by atoms with Crippen LogP contribution >= 0.6 is 15.9 Å². The van der Waals surface area contributed by atoms with Crippen LogP contribution in [0.15, 0.2) is 40.9 Å². The van der Waals surface area contributed by atoms with Crippen molar-refractivity contribution in [3.63, 3.8) is 0 Å². The Hall–Kier alpha value is -2.01. The fraction of sp³-hybridized carbons (Fsp3) is 0.188. The molecule has 2 rings (SSSR count). The summed E-state index contributed by atoms with van der Waals surface area (Å²) in [7, 11) is 4.63. The van der Waals surface area contributed by atoms with Crippen LogP contribution in [0.2, 0.25) is 0 Å². The van der Waals surface area contributed by atoms with Crippen molar-refractivity contribution in [2.75, 3.05) is 21.3 Å². The summed E-state index contributed by atoms with van der Waals surface area (Å²) >= 11 is 3.37. The molecule has 0 bridgehead atoms. The molecule has 0 radical (unpaired) electrons. The van der Waals surface area contributed by atoms with Crippen molar-refractivity contribution in [3.05, 3.63) is 52.0 Å². The van der Waals surface area contributed by atoms with E-state index in [-0.39, 0.29) is 5.78 Å². The summed E-state index contributed by atoms with van der Waals surface area (Å²) in [6.45, 7) is 0. The van der Waals surface area contributed by atoms with Gasteiger partial charge in [0.05, 0.1) is 31.4 Å². The number of benzene rings is 2. The number of methoxy groups -OCH3 is 3. The van der Waals surface area contributed by atoms with Crippen LogP contribution in [0.3, 0.4) is 0 Å². The van der Waals surface area contributed by atoms with Gasteiger partial charge in [-0.3, -0.25) is 4.79 Å². The van der Waals surface area contributed by atoms with Crippen LogP contribution in [-0.4, -0.2) is 27.1 Å². The third kappa shape index (κ3) is 3.19. The van der Waals surface area contributed by atoms with Crippen LogP contribution in [0.1, 0.15) is 15.9 Å². The third-order valence-electron chi connectivity index (χ3n) is 3.05. The molecule has 0 saturated carbocycles. The van der Waals surface area contributed by atoms with Crippen LogP contribution in [0.4, 0.5) is 0 Å². The monoisotopic (exact) mass is 350 g/mol. The molecule has 0 saturated heterocycles. The van der Waals surface area contributed by atoms with Crippen molar-refractivity contribution >= 4 is 21.7 Å². The number of hydrogen-bond acceptors (Lipinski definition) is 4. The first kappa shape index (κ1) is 15.4. The molecule has 5 heteroatoms. The number of ketones is 1. The Morgan fingerprint density at radius 2 is 1.67 bits per heavy atom. The molecule has 0 aromatic heterocycles. The number of hydrogen-bond donors (Lipinski definition) is 0. The lowest BCUT2D eigenvalue weighted by Crippen LogP contribution is -2.05. The average Bonchev–Trinajstić information content (AvgIpc) is 2.53. The van der Waals surface area contributed by atoms with Gasteiger partial charge in [0.1, 0.15) is 17.2 Å². The minimum Gasteiger partial charge on any atom is -0.497 e. The van der Waals surface area contributed by atoms with E-state index in [0.717, 1.165) is 4.47 Å². The van der Waals surface area contributed by atoms with E-state index in [0.29, 0.717) is 28.4 Å². The van der Waals surface area contributed by atoms with E-state index < -0.39 is 0 Å². The standard InChI is InChI=1S/C16H15BrO4/c1-19-11-6-4-5-10(7-11)16(18)12-8-15(21-3)13(17)9-14(12)20-2/h4-9H,1-3H3. The molecular formula is C16H15BrO4. The lowest BCUT2D eigenvalue weighted by atomic mass is 10.0. The van der Waals surface area contributed by atoms with Crippen LogP contribution < -0.4 is 14.2 Å². The Morgan fingerprint density at radius 3 is 2.29 bits per heavy atom. The maximum atomic E-state index is 12.7. The summed E-state index contributed by atoms with van der Waals surface area (Å²) in [5.74, 6) is 1.53. The van der Waals surface area contributed by atoms with Gasteiger partial charge in [-0.25, -0.2) is 0 Å². The van der Waals surface area contributed by atoms with Crippen molar-refractivity contribution in [2.24, 2.45) is 0 Å². The highest BCUT2D eigenvalue weighted by Crippen LogP contribution is 2.34. The van der Waals surface area contributed by atoms with Crippen LogP contribution in [0.25, 0.3) is 0 Å². The van der Waals surface area contributed by atoms with E-state index in [1.165, 1.54) is 7.11 Å². The van der Waals surface area contributed by atoms with Crippen molar-refractivity contribution in [2.45, 2.75) is 0 Å². The van der Waals surface area contributed by atoms with Crippen molar-refractivity contribution in [3.8, 4) is 17.2 Å². The van der Waals surface area contributed by atoms with Gasteiger partial charge in [0.15, 0.2) is 5.78 Å². The minimum atomic E-state index is -0.156. The number of halogens is 1. The maximum Gasteiger partial charge on any atom is 0.197 e. The second kappa shape index (κ2) is 6.63. The van der Waals surface area contributed by atoms with Gasteiger partial charge in [-0.1, -0.05) is 12.1 Å². The third-order valence-corrected chi connectivity index (χ3v) is 3.67.